The normalized spacial score (nSPS) is 33.1. The van der Waals surface area contributed by atoms with Crippen molar-refractivity contribution in [3.63, 3.8) is 0 Å². The third kappa shape index (κ3) is 4.90. The largest absolute Gasteiger partial charge is 0.457 e. The van der Waals surface area contributed by atoms with Crippen molar-refractivity contribution >= 4 is 24.9 Å². The van der Waals surface area contributed by atoms with Crippen LogP contribution < -0.4 is 0 Å². The fraction of sp³-hybridized carbons (Fsp3) is 0.864. The van der Waals surface area contributed by atoms with Gasteiger partial charge in [0.15, 0.2) is 0 Å². The third-order valence-electron chi connectivity index (χ3n) is 7.27. The molecule has 0 radical (unpaired) electrons. The van der Waals surface area contributed by atoms with Crippen LogP contribution in [0.5, 0.6) is 0 Å². The number of ketones is 1. The molecule has 10 nitrogen and oxygen atoms in total. The van der Waals surface area contributed by atoms with E-state index in [1.807, 2.05) is 20.8 Å². The van der Waals surface area contributed by atoms with Gasteiger partial charge in [-0.05, 0) is 85.0 Å². The first-order valence-electron chi connectivity index (χ1n) is 11.7. The zero-order valence-electron chi connectivity index (χ0n) is 20.7. The number of fused-ring (bicyclic) bond motifs is 1. The minimum Gasteiger partial charge on any atom is -0.443 e. The van der Waals surface area contributed by atoms with Gasteiger partial charge in [-0.1, -0.05) is 11.5 Å². The summed E-state index contributed by atoms with van der Waals surface area (Å²) in [5.74, 6) is -1.95. The Balaban J connectivity index is 1.78. The van der Waals surface area contributed by atoms with Crippen molar-refractivity contribution in [1.29, 1.82) is 0 Å². The van der Waals surface area contributed by atoms with Crippen LogP contribution in [-0.2, 0) is 23.6 Å². The second-order valence-electron chi connectivity index (χ2n) is 11.1. The maximum Gasteiger partial charge on any atom is 0.457 e. The molecular weight excluding hydrogens is 427 g/mol. The van der Waals surface area contributed by atoms with E-state index in [-0.39, 0.29) is 49.4 Å². The molecule has 2 aliphatic heterocycles. The Labute approximate surface area is 195 Å². The number of Topliss-reactive ketones (excluding diaryl/α,β-unsaturated/α-hetero) is 1. The Bertz CT molecular complexity index is 863. The smallest absolute Gasteiger partial charge is 0.443 e. The second kappa shape index (κ2) is 8.93. The zero-order chi connectivity index (χ0) is 24.8. The lowest BCUT2D eigenvalue weighted by molar-refractivity contribution is -0.132. The van der Waals surface area contributed by atoms with Gasteiger partial charge >= 0.3 is 13.2 Å². The molecule has 33 heavy (non-hydrogen) atoms. The van der Waals surface area contributed by atoms with E-state index in [4.69, 9.17) is 14.0 Å². The number of imide groups is 1. The highest BCUT2D eigenvalue weighted by molar-refractivity contribution is 6.45. The summed E-state index contributed by atoms with van der Waals surface area (Å²) in [5, 5.41) is 3.95. The topological polar surface area (TPSA) is 131 Å². The second-order valence-corrected chi connectivity index (χ2v) is 11.1. The molecule has 0 aromatic carbocycles. The van der Waals surface area contributed by atoms with Crippen LogP contribution in [0.15, 0.2) is 5.11 Å². The summed E-state index contributed by atoms with van der Waals surface area (Å²) in [6.45, 7) is 12.7. The van der Waals surface area contributed by atoms with Crippen molar-refractivity contribution in [1.82, 2.24) is 4.90 Å². The fourth-order valence-corrected chi connectivity index (χ4v) is 5.42. The fourth-order valence-electron chi connectivity index (χ4n) is 5.42. The Kier molecular flexibility index (Phi) is 6.91. The molecule has 1 aliphatic carbocycles. The monoisotopic (exact) mass is 462 g/mol. The van der Waals surface area contributed by atoms with E-state index in [2.05, 4.69) is 10.0 Å². The van der Waals surface area contributed by atoms with Crippen molar-refractivity contribution in [2.75, 3.05) is 6.54 Å². The molecule has 2 saturated heterocycles. The van der Waals surface area contributed by atoms with Crippen LogP contribution in [0.1, 0.15) is 67.7 Å². The Morgan fingerprint density at radius 3 is 2.55 bits per heavy atom. The van der Waals surface area contributed by atoms with Gasteiger partial charge in [-0.15, -0.1) is 0 Å². The summed E-state index contributed by atoms with van der Waals surface area (Å²) in [4.78, 5) is 42.8. The van der Waals surface area contributed by atoms with E-state index in [1.165, 1.54) is 6.92 Å². The van der Waals surface area contributed by atoms with Gasteiger partial charge in [-0.2, -0.15) is 0 Å². The van der Waals surface area contributed by atoms with Crippen LogP contribution in [0.2, 0.25) is 6.32 Å². The quantitative estimate of drug-likeness (QED) is 0.252. The molecular formula is C22H35BN4O6. The number of hydrogen-bond donors (Lipinski definition) is 0. The van der Waals surface area contributed by atoms with Gasteiger partial charge in [0.1, 0.15) is 16.9 Å². The first-order valence-corrected chi connectivity index (χ1v) is 11.7. The highest BCUT2D eigenvalue weighted by Gasteiger charge is 2.62. The molecule has 3 aliphatic rings. The van der Waals surface area contributed by atoms with Gasteiger partial charge in [-0.25, -0.2) is 9.69 Å². The molecule has 11 heteroatoms. The van der Waals surface area contributed by atoms with Crippen molar-refractivity contribution in [3.8, 4) is 0 Å². The molecule has 0 bridgehead atoms. The summed E-state index contributed by atoms with van der Waals surface area (Å²) >= 11 is 0. The van der Waals surface area contributed by atoms with Crippen molar-refractivity contribution in [2.24, 2.45) is 22.9 Å². The summed E-state index contributed by atoms with van der Waals surface area (Å²) in [7, 11) is -0.365. The molecule has 0 N–H and O–H groups in total. The first-order chi connectivity index (χ1) is 15.2. The summed E-state index contributed by atoms with van der Waals surface area (Å²) in [5.41, 5.74) is 6.84. The molecule has 2 amide bonds. The maximum absolute atomic E-state index is 13.3. The van der Waals surface area contributed by atoms with E-state index in [0.717, 1.165) is 4.90 Å². The molecule has 3 fully saturated rings. The molecule has 0 spiro atoms. The molecule has 182 valence electrons. The number of carbonyl (C=O) groups excluding carboxylic acids is 3. The highest BCUT2D eigenvalue weighted by atomic mass is 16.7. The number of ether oxygens (including phenoxy) is 1. The molecule has 1 saturated carbocycles. The average molecular weight is 462 g/mol. The third-order valence-corrected chi connectivity index (χ3v) is 7.27. The van der Waals surface area contributed by atoms with Crippen LogP contribution in [0.4, 0.5) is 4.79 Å². The van der Waals surface area contributed by atoms with Gasteiger partial charge < -0.3 is 14.0 Å². The summed E-state index contributed by atoms with van der Waals surface area (Å²) < 4.78 is 17.3. The number of rotatable bonds is 6. The van der Waals surface area contributed by atoms with Crippen molar-refractivity contribution < 1.29 is 28.4 Å². The van der Waals surface area contributed by atoms with Crippen molar-refractivity contribution in [3.05, 3.63) is 10.4 Å². The van der Waals surface area contributed by atoms with Crippen LogP contribution in [0, 0.1) is 17.8 Å². The number of carbonyl (C=O) groups is 3. The van der Waals surface area contributed by atoms with Crippen LogP contribution >= 0.6 is 0 Å². The molecule has 2 heterocycles. The molecule has 1 unspecified atom stereocenters. The Hall–Kier alpha value is -2.10. The lowest BCUT2D eigenvalue weighted by atomic mass is 9.74. The van der Waals surface area contributed by atoms with Gasteiger partial charge in [0.2, 0.25) is 5.91 Å². The number of nitrogens with zero attached hydrogens (tertiary/aromatic N) is 4. The van der Waals surface area contributed by atoms with Gasteiger partial charge in [0.05, 0.1) is 11.7 Å². The zero-order valence-corrected chi connectivity index (χ0v) is 20.7. The van der Waals surface area contributed by atoms with Crippen LogP contribution in [0.25, 0.3) is 10.4 Å². The minimum atomic E-state index is -1.29. The molecule has 5 atom stereocenters. The Morgan fingerprint density at radius 1 is 1.36 bits per heavy atom. The maximum atomic E-state index is 13.3. The number of amides is 2. The standard InChI is InChI=1S/C22H35BN4O6/c1-13(28)22(25-26-24)11-15-12-27(19(30)31-20(3,4)5)18(29)17(15)16(22)9-8-10-23-32-14(2)21(6,7)33-23/h14-17H,8-12H2,1-7H3/t14?,15-,16-,17+,22+/m0/s1. The minimum absolute atomic E-state index is 0.0448. The summed E-state index contributed by atoms with van der Waals surface area (Å²) in [6.07, 6.45) is 1.21. The lowest BCUT2D eigenvalue weighted by Crippen LogP contribution is -2.45. The SMILES string of the molecule is CC(=O)[C@]1(N=[N+]=[N-])C[C@H]2CN(C(=O)OC(C)(C)C)C(=O)[C@H]2[C@@H]1CCCB1OC(C)C(C)(C)O1. The molecule has 0 aromatic heterocycles. The first kappa shape index (κ1) is 25.5. The van der Waals surface area contributed by atoms with E-state index >= 15 is 0 Å². The number of likely N-dealkylation sites (tertiary alicyclic amines) is 1. The average Bonchev–Trinajstić information content (AvgIpc) is 3.24. The van der Waals surface area contributed by atoms with Crippen molar-refractivity contribution in [2.45, 2.75) is 96.9 Å². The van der Waals surface area contributed by atoms with Crippen LogP contribution in [-0.4, -0.2) is 59.2 Å². The molecule has 0 aromatic rings. The molecule has 3 rings (SSSR count). The van der Waals surface area contributed by atoms with E-state index in [0.29, 0.717) is 19.2 Å². The Morgan fingerprint density at radius 2 is 2.03 bits per heavy atom. The van der Waals surface area contributed by atoms with Gasteiger partial charge in [0.25, 0.3) is 0 Å². The number of azide groups is 1. The van der Waals surface area contributed by atoms with Crippen LogP contribution in [0.3, 0.4) is 0 Å². The lowest BCUT2D eigenvalue weighted by Gasteiger charge is -2.32. The van der Waals surface area contributed by atoms with Gasteiger partial charge in [0, 0.05) is 17.4 Å². The predicted octanol–water partition coefficient (Wildman–Crippen LogP) is 4.14. The van der Waals surface area contributed by atoms with E-state index in [9.17, 15) is 19.9 Å². The van der Waals surface area contributed by atoms with Gasteiger partial charge in [-0.3, -0.25) is 9.59 Å². The van der Waals surface area contributed by atoms with E-state index < -0.39 is 29.1 Å². The number of hydrogen-bond acceptors (Lipinski definition) is 7. The highest BCUT2D eigenvalue weighted by Crippen LogP contribution is 2.53. The summed E-state index contributed by atoms with van der Waals surface area (Å²) in [6, 6.07) is 0. The predicted molar refractivity (Wildman–Crippen MR) is 121 cm³/mol. The van der Waals surface area contributed by atoms with E-state index in [1.54, 1.807) is 20.8 Å².